The number of aromatic hydroxyl groups is 1. The van der Waals surface area contributed by atoms with Crippen molar-refractivity contribution in [2.75, 3.05) is 12.4 Å². The highest BCUT2D eigenvalue weighted by atomic mass is 19.1. The number of amides is 1. The van der Waals surface area contributed by atoms with Gasteiger partial charge in [-0.1, -0.05) is 12.1 Å². The number of anilines is 1. The molecule has 0 heterocycles. The Bertz CT molecular complexity index is 656. The highest BCUT2D eigenvalue weighted by molar-refractivity contribution is 6.06. The number of benzene rings is 2. The van der Waals surface area contributed by atoms with E-state index in [9.17, 15) is 14.3 Å². The molecule has 2 N–H and O–H groups in total. The summed E-state index contributed by atoms with van der Waals surface area (Å²) in [4.78, 5) is 12.1. The van der Waals surface area contributed by atoms with Gasteiger partial charge in [-0.3, -0.25) is 4.79 Å². The predicted molar refractivity (Wildman–Crippen MR) is 73.7 cm³/mol. The molecule has 0 atom stereocenters. The number of halogens is 1. The summed E-state index contributed by atoms with van der Waals surface area (Å²) >= 11 is 0. The number of ether oxygens (including phenoxy) is 1. The smallest absolute Gasteiger partial charge is 0.259 e. The molecule has 0 bridgehead atoms. The number of hydrogen-bond acceptors (Lipinski definition) is 3. The lowest BCUT2D eigenvalue weighted by Crippen LogP contribution is -2.12. The molecule has 0 unspecified atom stereocenters. The van der Waals surface area contributed by atoms with Crippen LogP contribution >= 0.6 is 0 Å². The van der Waals surface area contributed by atoms with Gasteiger partial charge in [-0.15, -0.1) is 0 Å². The van der Waals surface area contributed by atoms with Crippen LogP contribution in [-0.4, -0.2) is 18.1 Å². The zero-order valence-corrected chi connectivity index (χ0v) is 11.1. The fourth-order valence-corrected chi connectivity index (χ4v) is 1.78. The van der Waals surface area contributed by atoms with E-state index in [0.29, 0.717) is 11.3 Å². The lowest BCUT2D eigenvalue weighted by atomic mass is 10.1. The number of aryl methyl sites for hydroxylation is 1. The lowest BCUT2D eigenvalue weighted by Gasteiger charge is -2.09. The van der Waals surface area contributed by atoms with Gasteiger partial charge >= 0.3 is 0 Å². The first kappa shape index (κ1) is 13.9. The van der Waals surface area contributed by atoms with Crippen molar-refractivity contribution in [1.29, 1.82) is 0 Å². The summed E-state index contributed by atoms with van der Waals surface area (Å²) in [6, 6.07) is 8.88. The fraction of sp³-hybridized carbons (Fsp3) is 0.133. The van der Waals surface area contributed by atoms with Crippen LogP contribution in [0, 0.1) is 12.7 Å². The number of nitrogens with one attached hydrogen (secondary N) is 1. The van der Waals surface area contributed by atoms with Crippen LogP contribution < -0.4 is 10.1 Å². The molecule has 0 aliphatic rings. The summed E-state index contributed by atoms with van der Waals surface area (Å²) in [5.41, 5.74) is 1.15. The van der Waals surface area contributed by atoms with E-state index in [-0.39, 0.29) is 17.1 Å². The van der Waals surface area contributed by atoms with Gasteiger partial charge in [-0.2, -0.15) is 0 Å². The number of para-hydroxylation sites is 1. The molecule has 0 aliphatic heterocycles. The van der Waals surface area contributed by atoms with E-state index >= 15 is 0 Å². The normalized spacial score (nSPS) is 10.2. The van der Waals surface area contributed by atoms with E-state index in [1.165, 1.54) is 31.4 Å². The maximum atomic E-state index is 13.3. The second-order valence-electron chi connectivity index (χ2n) is 4.27. The van der Waals surface area contributed by atoms with Crippen LogP contribution in [0.4, 0.5) is 10.1 Å². The standard InChI is InChI=1S/C15H14FNO3/c1-9-4-3-5-11(14(9)18)15(19)17-10-6-7-12(16)13(8-10)20-2/h3-8,18H,1-2H3,(H,17,19). The first-order valence-electron chi connectivity index (χ1n) is 5.96. The third kappa shape index (κ3) is 2.71. The van der Waals surface area contributed by atoms with Crippen molar-refractivity contribution in [2.45, 2.75) is 6.92 Å². The Kier molecular flexibility index (Phi) is 3.89. The number of methoxy groups -OCH3 is 1. The fourth-order valence-electron chi connectivity index (χ4n) is 1.78. The molecule has 20 heavy (non-hydrogen) atoms. The first-order valence-corrected chi connectivity index (χ1v) is 5.96. The second kappa shape index (κ2) is 5.61. The zero-order valence-electron chi connectivity index (χ0n) is 11.1. The second-order valence-corrected chi connectivity index (χ2v) is 4.27. The number of carbonyl (C=O) groups excluding carboxylic acids is 1. The van der Waals surface area contributed by atoms with E-state index in [1.54, 1.807) is 19.1 Å². The third-order valence-electron chi connectivity index (χ3n) is 2.89. The van der Waals surface area contributed by atoms with E-state index < -0.39 is 11.7 Å². The third-order valence-corrected chi connectivity index (χ3v) is 2.89. The molecule has 1 amide bonds. The van der Waals surface area contributed by atoms with Gasteiger partial charge in [0.1, 0.15) is 5.75 Å². The molecule has 0 spiro atoms. The Hall–Kier alpha value is -2.56. The molecule has 2 aromatic carbocycles. The summed E-state index contributed by atoms with van der Waals surface area (Å²) in [7, 11) is 1.34. The quantitative estimate of drug-likeness (QED) is 0.905. The number of hydrogen-bond donors (Lipinski definition) is 2. The van der Waals surface area contributed by atoms with Crippen LogP contribution in [0.25, 0.3) is 0 Å². The Morgan fingerprint density at radius 1 is 1.30 bits per heavy atom. The maximum Gasteiger partial charge on any atom is 0.259 e. The number of phenolic OH excluding ortho intramolecular Hbond substituents is 1. The van der Waals surface area contributed by atoms with Crippen molar-refractivity contribution in [2.24, 2.45) is 0 Å². The number of carbonyl (C=O) groups is 1. The molecule has 4 nitrogen and oxygen atoms in total. The molecule has 2 aromatic rings. The van der Waals surface area contributed by atoms with Gasteiger partial charge in [0.05, 0.1) is 12.7 Å². The summed E-state index contributed by atoms with van der Waals surface area (Å²) in [6.07, 6.45) is 0. The zero-order chi connectivity index (χ0) is 14.7. The van der Waals surface area contributed by atoms with Crippen LogP contribution in [-0.2, 0) is 0 Å². The van der Waals surface area contributed by atoms with Crippen molar-refractivity contribution in [1.82, 2.24) is 0 Å². The topological polar surface area (TPSA) is 58.6 Å². The van der Waals surface area contributed by atoms with Gasteiger partial charge in [0.2, 0.25) is 0 Å². The minimum Gasteiger partial charge on any atom is -0.507 e. The highest BCUT2D eigenvalue weighted by Gasteiger charge is 2.13. The Morgan fingerprint density at radius 3 is 2.75 bits per heavy atom. The van der Waals surface area contributed by atoms with E-state index in [4.69, 9.17) is 4.74 Å². The van der Waals surface area contributed by atoms with E-state index in [2.05, 4.69) is 5.32 Å². The van der Waals surface area contributed by atoms with Crippen molar-refractivity contribution in [3.63, 3.8) is 0 Å². The summed E-state index contributed by atoms with van der Waals surface area (Å²) in [6.45, 7) is 1.70. The average molecular weight is 275 g/mol. The minimum absolute atomic E-state index is 0.0382. The van der Waals surface area contributed by atoms with Crippen molar-refractivity contribution in [3.8, 4) is 11.5 Å². The minimum atomic E-state index is -0.510. The van der Waals surface area contributed by atoms with Crippen LogP contribution in [0.5, 0.6) is 11.5 Å². The Balaban J connectivity index is 2.26. The molecule has 0 fully saturated rings. The molecule has 0 aliphatic carbocycles. The van der Waals surface area contributed by atoms with E-state index in [1.807, 2.05) is 0 Å². The molecule has 0 saturated carbocycles. The van der Waals surface area contributed by atoms with Crippen molar-refractivity contribution >= 4 is 11.6 Å². The van der Waals surface area contributed by atoms with Gasteiger partial charge in [-0.25, -0.2) is 4.39 Å². The van der Waals surface area contributed by atoms with Crippen LogP contribution in [0.2, 0.25) is 0 Å². The molecule has 0 aromatic heterocycles. The monoisotopic (exact) mass is 275 g/mol. The molecular formula is C15H14FNO3. The van der Waals surface area contributed by atoms with E-state index in [0.717, 1.165) is 0 Å². The lowest BCUT2D eigenvalue weighted by molar-refractivity contribution is 0.102. The average Bonchev–Trinajstić information content (AvgIpc) is 2.43. The Morgan fingerprint density at radius 2 is 2.05 bits per heavy atom. The molecule has 104 valence electrons. The highest BCUT2D eigenvalue weighted by Crippen LogP contribution is 2.25. The van der Waals surface area contributed by atoms with Gasteiger partial charge in [0.25, 0.3) is 5.91 Å². The molecule has 0 saturated heterocycles. The maximum absolute atomic E-state index is 13.3. The summed E-state index contributed by atoms with van der Waals surface area (Å²) < 4.78 is 18.1. The number of rotatable bonds is 3. The van der Waals surface area contributed by atoms with Gasteiger partial charge in [-0.05, 0) is 30.7 Å². The van der Waals surface area contributed by atoms with Gasteiger partial charge in [0.15, 0.2) is 11.6 Å². The first-order chi connectivity index (χ1) is 9.52. The van der Waals surface area contributed by atoms with Gasteiger partial charge < -0.3 is 15.2 Å². The SMILES string of the molecule is COc1cc(NC(=O)c2cccc(C)c2O)ccc1F. The van der Waals surface area contributed by atoms with Crippen LogP contribution in [0.1, 0.15) is 15.9 Å². The van der Waals surface area contributed by atoms with Crippen molar-refractivity contribution < 1.29 is 19.0 Å². The summed E-state index contributed by atoms with van der Waals surface area (Å²) in [5, 5.41) is 12.4. The van der Waals surface area contributed by atoms with Gasteiger partial charge in [0, 0.05) is 11.8 Å². The van der Waals surface area contributed by atoms with Crippen LogP contribution in [0.3, 0.4) is 0 Å². The predicted octanol–water partition coefficient (Wildman–Crippen LogP) is 3.10. The molecule has 2 rings (SSSR count). The summed E-state index contributed by atoms with van der Waals surface area (Å²) in [5.74, 6) is -1.01. The van der Waals surface area contributed by atoms with Crippen LogP contribution in [0.15, 0.2) is 36.4 Å². The Labute approximate surface area is 115 Å². The number of phenols is 1. The molecular weight excluding hydrogens is 261 g/mol. The largest absolute Gasteiger partial charge is 0.507 e. The molecule has 0 radical (unpaired) electrons. The van der Waals surface area contributed by atoms with Crippen molar-refractivity contribution in [3.05, 3.63) is 53.3 Å². The molecule has 5 heteroatoms.